The van der Waals surface area contributed by atoms with Crippen LogP contribution in [0, 0.1) is 0 Å². The maximum Gasteiger partial charge on any atom is 0.335 e. The minimum Gasteiger partial charge on any atom is -0.478 e. The quantitative estimate of drug-likeness (QED) is 0.775. The molecular formula is C19H15ClN2O3S. The van der Waals surface area contributed by atoms with Gasteiger partial charge in [0.05, 0.1) is 16.2 Å². The molecule has 1 aliphatic rings. The molecule has 0 aromatic heterocycles. The van der Waals surface area contributed by atoms with Gasteiger partial charge in [0.2, 0.25) is 0 Å². The first-order chi connectivity index (χ1) is 12.5. The number of amidine groups is 1. The zero-order valence-electron chi connectivity index (χ0n) is 13.8. The first-order valence-corrected chi connectivity index (χ1v) is 9.06. The number of carboxylic acid groups (broad SMARTS) is 1. The Morgan fingerprint density at radius 2 is 2.00 bits per heavy atom. The van der Waals surface area contributed by atoms with Gasteiger partial charge in [0.25, 0.3) is 5.91 Å². The number of nitrogens with zero attached hydrogens (tertiary/aromatic N) is 2. The number of hydrogen-bond donors (Lipinski definition) is 1. The van der Waals surface area contributed by atoms with Gasteiger partial charge >= 0.3 is 5.97 Å². The molecule has 1 saturated heterocycles. The van der Waals surface area contributed by atoms with E-state index < -0.39 is 5.97 Å². The van der Waals surface area contributed by atoms with Crippen molar-refractivity contribution < 1.29 is 14.7 Å². The lowest BCUT2D eigenvalue weighted by Gasteiger charge is -2.12. The lowest BCUT2D eigenvalue weighted by molar-refractivity contribution is -0.122. The van der Waals surface area contributed by atoms with Gasteiger partial charge in [-0.25, -0.2) is 9.79 Å². The van der Waals surface area contributed by atoms with Crippen molar-refractivity contribution in [3.63, 3.8) is 0 Å². The molecule has 2 aromatic carbocycles. The molecule has 1 aliphatic heterocycles. The Bertz CT molecular complexity index is 923. The minimum absolute atomic E-state index is 0.124. The monoisotopic (exact) mass is 386 g/mol. The van der Waals surface area contributed by atoms with Crippen molar-refractivity contribution in [1.82, 2.24) is 4.90 Å². The van der Waals surface area contributed by atoms with Crippen LogP contribution in [0.1, 0.15) is 22.8 Å². The Morgan fingerprint density at radius 1 is 1.27 bits per heavy atom. The standard InChI is InChI=1S/C19H15ClN2O3S/c1-2-22-17(23)16(10-12-6-8-14(20)9-7-12)26-19(22)21-15-5-3-4-13(11-15)18(24)25/h3-11H,2H2,1H3,(H,24,25)/b16-10+,21-19?. The number of amides is 1. The highest BCUT2D eigenvalue weighted by Gasteiger charge is 2.32. The van der Waals surface area contributed by atoms with Gasteiger partial charge in [-0.2, -0.15) is 0 Å². The summed E-state index contributed by atoms with van der Waals surface area (Å²) >= 11 is 7.16. The van der Waals surface area contributed by atoms with E-state index in [1.165, 1.54) is 23.9 Å². The van der Waals surface area contributed by atoms with Crippen LogP contribution in [0.2, 0.25) is 5.02 Å². The van der Waals surface area contributed by atoms with E-state index >= 15 is 0 Å². The third-order valence-corrected chi connectivity index (χ3v) is 4.95. The average molecular weight is 387 g/mol. The van der Waals surface area contributed by atoms with Crippen molar-refractivity contribution >= 4 is 52.2 Å². The van der Waals surface area contributed by atoms with Gasteiger partial charge in [-0.1, -0.05) is 29.8 Å². The predicted molar refractivity (Wildman–Crippen MR) is 105 cm³/mol. The molecule has 2 aromatic rings. The predicted octanol–water partition coefficient (Wildman–Crippen LogP) is 4.66. The summed E-state index contributed by atoms with van der Waals surface area (Å²) in [6.07, 6.45) is 1.79. The highest BCUT2D eigenvalue weighted by atomic mass is 35.5. The third kappa shape index (κ3) is 3.98. The maximum atomic E-state index is 12.6. The molecule has 0 atom stereocenters. The number of carboxylic acids is 1. The Morgan fingerprint density at radius 3 is 2.65 bits per heavy atom. The molecule has 26 heavy (non-hydrogen) atoms. The van der Waals surface area contributed by atoms with Crippen molar-refractivity contribution in [1.29, 1.82) is 0 Å². The fraction of sp³-hybridized carbons (Fsp3) is 0.105. The van der Waals surface area contributed by atoms with Crippen molar-refractivity contribution in [2.24, 2.45) is 4.99 Å². The van der Waals surface area contributed by atoms with Crippen LogP contribution in [-0.4, -0.2) is 33.6 Å². The van der Waals surface area contributed by atoms with Gasteiger partial charge < -0.3 is 5.11 Å². The van der Waals surface area contributed by atoms with Crippen LogP contribution < -0.4 is 0 Å². The molecule has 1 amide bonds. The van der Waals surface area contributed by atoms with E-state index in [0.717, 1.165) is 5.56 Å². The topological polar surface area (TPSA) is 70.0 Å². The van der Waals surface area contributed by atoms with Crippen LogP contribution in [-0.2, 0) is 4.79 Å². The molecule has 5 nitrogen and oxygen atoms in total. The first-order valence-electron chi connectivity index (χ1n) is 7.87. The molecule has 0 aliphatic carbocycles. The number of aromatic carboxylic acids is 1. The fourth-order valence-corrected chi connectivity index (χ4v) is 3.59. The number of thioether (sulfide) groups is 1. The molecule has 0 radical (unpaired) electrons. The van der Waals surface area contributed by atoms with E-state index in [-0.39, 0.29) is 11.5 Å². The Hall–Kier alpha value is -2.57. The van der Waals surface area contributed by atoms with Gasteiger partial charge in [-0.3, -0.25) is 9.69 Å². The van der Waals surface area contributed by atoms with Crippen LogP contribution in [0.5, 0.6) is 0 Å². The summed E-state index contributed by atoms with van der Waals surface area (Å²) in [7, 11) is 0. The summed E-state index contributed by atoms with van der Waals surface area (Å²) in [6.45, 7) is 2.34. The van der Waals surface area contributed by atoms with E-state index in [9.17, 15) is 9.59 Å². The fourth-order valence-electron chi connectivity index (χ4n) is 2.40. The number of carbonyl (C=O) groups is 2. The van der Waals surface area contributed by atoms with E-state index in [4.69, 9.17) is 16.7 Å². The van der Waals surface area contributed by atoms with Gasteiger partial charge in [-0.15, -0.1) is 0 Å². The van der Waals surface area contributed by atoms with Gasteiger partial charge in [-0.05, 0) is 60.7 Å². The smallest absolute Gasteiger partial charge is 0.335 e. The number of likely N-dealkylation sites (N-methyl/N-ethyl adjacent to an activating group) is 1. The van der Waals surface area contributed by atoms with Crippen LogP contribution in [0.4, 0.5) is 5.69 Å². The van der Waals surface area contributed by atoms with Gasteiger partial charge in [0.1, 0.15) is 0 Å². The highest BCUT2D eigenvalue weighted by molar-refractivity contribution is 8.18. The van der Waals surface area contributed by atoms with Crippen molar-refractivity contribution in [3.05, 3.63) is 69.6 Å². The second kappa shape index (κ2) is 7.76. The Kier molecular flexibility index (Phi) is 5.44. The molecular weight excluding hydrogens is 372 g/mol. The molecule has 0 saturated carbocycles. The summed E-state index contributed by atoms with van der Waals surface area (Å²) in [5, 5.41) is 10.3. The normalized spacial score (nSPS) is 17.3. The Balaban J connectivity index is 1.93. The van der Waals surface area contributed by atoms with Crippen molar-refractivity contribution in [3.8, 4) is 0 Å². The molecule has 1 heterocycles. The maximum absolute atomic E-state index is 12.6. The molecule has 0 spiro atoms. The number of hydrogen-bond acceptors (Lipinski definition) is 4. The van der Waals surface area contributed by atoms with Crippen molar-refractivity contribution in [2.75, 3.05) is 6.54 Å². The minimum atomic E-state index is -1.02. The molecule has 0 unspecified atom stereocenters. The molecule has 132 valence electrons. The molecule has 7 heteroatoms. The van der Waals surface area contributed by atoms with Crippen LogP contribution in [0.3, 0.4) is 0 Å². The van der Waals surface area contributed by atoms with Crippen LogP contribution >= 0.6 is 23.4 Å². The second-order valence-electron chi connectivity index (χ2n) is 5.46. The Labute approximate surface area is 160 Å². The summed E-state index contributed by atoms with van der Waals surface area (Å²) in [5.41, 5.74) is 1.52. The van der Waals surface area contributed by atoms with E-state index in [0.29, 0.717) is 27.3 Å². The number of carbonyl (C=O) groups excluding carboxylic acids is 1. The number of aliphatic imine (C=N–C) groups is 1. The van der Waals surface area contributed by atoms with Crippen LogP contribution in [0.15, 0.2) is 58.4 Å². The van der Waals surface area contributed by atoms with E-state index in [1.807, 2.05) is 19.1 Å². The summed E-state index contributed by atoms with van der Waals surface area (Å²) in [4.78, 5) is 30.3. The van der Waals surface area contributed by atoms with E-state index in [1.54, 1.807) is 35.2 Å². The van der Waals surface area contributed by atoms with Crippen LogP contribution in [0.25, 0.3) is 6.08 Å². The van der Waals surface area contributed by atoms with Crippen molar-refractivity contribution in [2.45, 2.75) is 6.92 Å². The van der Waals surface area contributed by atoms with Gasteiger partial charge in [0.15, 0.2) is 5.17 Å². The number of rotatable bonds is 4. The summed E-state index contributed by atoms with van der Waals surface area (Å²) in [6, 6.07) is 13.5. The molecule has 1 fully saturated rings. The second-order valence-corrected chi connectivity index (χ2v) is 6.91. The zero-order valence-corrected chi connectivity index (χ0v) is 15.4. The molecule has 1 N–H and O–H groups in total. The molecule has 3 rings (SSSR count). The average Bonchev–Trinajstić information content (AvgIpc) is 2.91. The third-order valence-electron chi connectivity index (χ3n) is 3.69. The largest absolute Gasteiger partial charge is 0.478 e. The highest BCUT2D eigenvalue weighted by Crippen LogP contribution is 2.34. The zero-order chi connectivity index (χ0) is 18.7. The first kappa shape index (κ1) is 18.2. The number of benzene rings is 2. The number of halogens is 1. The SMILES string of the molecule is CCN1C(=O)/C(=C\c2ccc(Cl)cc2)SC1=Nc1cccc(C(=O)O)c1. The van der Waals surface area contributed by atoms with Gasteiger partial charge in [0, 0.05) is 11.6 Å². The lowest BCUT2D eigenvalue weighted by atomic mass is 10.2. The molecule has 0 bridgehead atoms. The summed E-state index contributed by atoms with van der Waals surface area (Å²) < 4.78 is 0. The lowest BCUT2D eigenvalue weighted by Crippen LogP contribution is -2.28. The summed E-state index contributed by atoms with van der Waals surface area (Å²) in [5.74, 6) is -1.14. The van der Waals surface area contributed by atoms with E-state index in [2.05, 4.69) is 4.99 Å².